The van der Waals surface area contributed by atoms with Crippen LogP contribution in [0.1, 0.15) is 71.8 Å². The Morgan fingerprint density at radius 3 is 1.87 bits per heavy atom. The SMILES string of the molecule is [2H]c1c([2H])c([2H])c2c(c1[2H])-c1c([2H])c([2H])c([2H])c([2H])c1C2(c1c([2H])c([2H])c2c(oc3c([2H])c(N(c4ccc(-c5ccccc5)cc4)c4ccc5c(c4)C(C)(C)c4ccccc4-5)c([2H])c([2H])c32)c1[2H])C([2H])([2H])[2H]. The predicted octanol–water partition coefficient (Wildman–Crippen LogP) is 14.4. The largest absolute Gasteiger partial charge is 0.456 e. The monoisotopic (exact) mass is 722 g/mol. The Morgan fingerprint density at radius 1 is 0.509 bits per heavy atom. The number of nitrogens with zero attached hydrogens (tertiary/aromatic N) is 1. The van der Waals surface area contributed by atoms with Crippen LogP contribution >= 0.6 is 0 Å². The minimum atomic E-state index is -3.59. The molecule has 2 aliphatic carbocycles. The van der Waals surface area contributed by atoms with Gasteiger partial charge in [-0.25, -0.2) is 0 Å². The molecule has 0 atom stereocenters. The second-order valence-electron chi connectivity index (χ2n) is 14.4. The van der Waals surface area contributed by atoms with E-state index in [4.69, 9.17) is 12.6 Å². The highest BCUT2D eigenvalue weighted by atomic mass is 16.3. The Balaban J connectivity index is 1.22. The summed E-state index contributed by atoms with van der Waals surface area (Å²) in [5.74, 6) is 0. The zero-order chi connectivity index (χ0) is 51.6. The van der Waals surface area contributed by atoms with Crippen LogP contribution in [0.2, 0.25) is 0 Å². The quantitative estimate of drug-likeness (QED) is 0.176. The van der Waals surface area contributed by atoms with Crippen molar-refractivity contribution in [3.63, 3.8) is 0 Å². The molecule has 8 aromatic carbocycles. The van der Waals surface area contributed by atoms with Gasteiger partial charge in [0, 0.05) is 48.8 Å². The Bertz CT molecular complexity index is 3810. The molecule has 0 spiro atoms. The number of hydrogen-bond acceptors (Lipinski definition) is 2. The first-order chi connectivity index (χ1) is 34.0. The van der Waals surface area contributed by atoms with Crippen molar-refractivity contribution in [3.05, 3.63) is 209 Å². The molecule has 11 rings (SSSR count). The lowest BCUT2D eigenvalue weighted by atomic mass is 9.74. The first-order valence-electron chi connectivity index (χ1n) is 26.4. The number of benzene rings is 8. The molecule has 0 amide bonds. The summed E-state index contributed by atoms with van der Waals surface area (Å²) in [4.78, 5) is 1.67. The van der Waals surface area contributed by atoms with Crippen molar-refractivity contribution >= 4 is 39.0 Å². The van der Waals surface area contributed by atoms with E-state index in [9.17, 15) is 15.1 Å². The number of fused-ring (bicyclic) bond motifs is 9. The topological polar surface area (TPSA) is 16.4 Å². The van der Waals surface area contributed by atoms with Crippen molar-refractivity contribution in [2.45, 2.75) is 31.5 Å². The summed E-state index contributed by atoms with van der Waals surface area (Å²) in [5, 5.41) is -0.659. The van der Waals surface area contributed by atoms with Crippen LogP contribution in [-0.4, -0.2) is 0 Å². The molecule has 0 saturated heterocycles. The first-order valence-corrected chi connectivity index (χ1v) is 17.9. The fraction of sp³-hybridized carbons (Fsp3) is 0.0943. The van der Waals surface area contributed by atoms with Crippen LogP contribution in [0.25, 0.3) is 55.3 Å². The van der Waals surface area contributed by atoms with Crippen molar-refractivity contribution < 1.29 is 27.7 Å². The molecule has 1 heterocycles. The minimum Gasteiger partial charge on any atom is -0.456 e. The third-order valence-electron chi connectivity index (χ3n) is 11.0. The second-order valence-corrected chi connectivity index (χ2v) is 14.4. The van der Waals surface area contributed by atoms with E-state index in [1.165, 1.54) is 0 Å². The van der Waals surface area contributed by atoms with Gasteiger partial charge in [-0.2, -0.15) is 0 Å². The van der Waals surface area contributed by atoms with Crippen LogP contribution in [0.4, 0.5) is 17.1 Å². The third-order valence-corrected chi connectivity index (χ3v) is 11.0. The molecular weight excluding hydrogens is 667 g/mol. The zero-order valence-corrected chi connectivity index (χ0v) is 29.6. The Kier molecular flexibility index (Phi) is 4.06. The first kappa shape index (κ1) is 19.1. The molecule has 0 saturated carbocycles. The van der Waals surface area contributed by atoms with Crippen molar-refractivity contribution in [1.82, 2.24) is 0 Å². The maximum Gasteiger partial charge on any atom is 0.137 e. The lowest BCUT2D eigenvalue weighted by Gasteiger charge is -2.28. The number of rotatable bonds is 5. The van der Waals surface area contributed by atoms with Crippen LogP contribution < -0.4 is 4.90 Å². The lowest BCUT2D eigenvalue weighted by molar-refractivity contribution is 0.660. The van der Waals surface area contributed by atoms with Gasteiger partial charge in [-0.05, 0) is 110 Å². The van der Waals surface area contributed by atoms with E-state index < -0.39 is 136 Å². The minimum absolute atomic E-state index is 0.110. The van der Waals surface area contributed by atoms with Crippen LogP contribution in [0.3, 0.4) is 0 Å². The highest BCUT2D eigenvalue weighted by Crippen LogP contribution is 2.53. The smallest absolute Gasteiger partial charge is 0.137 e. The molecule has 2 heteroatoms. The van der Waals surface area contributed by atoms with Gasteiger partial charge in [0.1, 0.15) is 11.2 Å². The predicted molar refractivity (Wildman–Crippen MR) is 229 cm³/mol. The van der Waals surface area contributed by atoms with Gasteiger partial charge in [-0.1, -0.05) is 147 Å². The molecule has 2 nitrogen and oxygen atoms in total. The summed E-state index contributed by atoms with van der Waals surface area (Å²) in [6.45, 7) is 0.639. The van der Waals surface area contributed by atoms with Crippen molar-refractivity contribution in [2.24, 2.45) is 0 Å². The fourth-order valence-electron chi connectivity index (χ4n) is 8.29. The molecular formula is C53H39NO. The van der Waals surface area contributed by atoms with E-state index in [0.717, 1.165) is 33.4 Å². The molecule has 0 radical (unpaired) electrons. The fourth-order valence-corrected chi connectivity index (χ4v) is 8.29. The van der Waals surface area contributed by atoms with Crippen LogP contribution in [0.5, 0.6) is 0 Å². The molecule has 262 valence electrons. The molecule has 1 aromatic heterocycles. The molecule has 9 aromatic rings. The van der Waals surface area contributed by atoms with Gasteiger partial charge in [0.15, 0.2) is 0 Å². The van der Waals surface area contributed by atoms with Gasteiger partial charge < -0.3 is 9.32 Å². The molecule has 2 aliphatic rings. The van der Waals surface area contributed by atoms with Crippen LogP contribution in [0, 0.1) is 0 Å². The van der Waals surface area contributed by atoms with E-state index in [1.807, 2.05) is 84.9 Å². The van der Waals surface area contributed by atoms with Crippen molar-refractivity contribution in [2.75, 3.05) is 4.90 Å². The third kappa shape index (κ3) is 4.61. The van der Waals surface area contributed by atoms with Crippen LogP contribution in [-0.2, 0) is 10.8 Å². The number of anilines is 3. The van der Waals surface area contributed by atoms with Crippen molar-refractivity contribution in [1.29, 1.82) is 0 Å². The van der Waals surface area contributed by atoms with E-state index in [0.29, 0.717) is 11.4 Å². The standard InChI is InChI=1S/C53H39NO/c1-52(2)46-18-10-7-15-40(46)43-29-26-38(32-49(43)52)54(37-24-21-35(22-25-37)34-13-5-4-6-14-34)39-27-30-45-44-28-23-36(31-50(44)55-51(45)33-39)53(3)47-19-11-8-16-41(47)42-17-9-12-20-48(42)53/h4-33H,1-3H3/i3D3,8D,9D,11D,12D,16D,17D,19D,20D,23D,27D,28D,30D,31D,33D. The molecule has 0 aliphatic heterocycles. The Hall–Kier alpha value is -6.64. The van der Waals surface area contributed by atoms with Crippen molar-refractivity contribution in [3.8, 4) is 33.4 Å². The summed E-state index contributed by atoms with van der Waals surface area (Å²) < 4.78 is 163. The summed E-state index contributed by atoms with van der Waals surface area (Å²) in [6, 6.07) is 19.9. The van der Waals surface area contributed by atoms with Gasteiger partial charge in [0.05, 0.1) is 19.2 Å². The van der Waals surface area contributed by atoms with E-state index in [2.05, 4.69) is 26.0 Å². The Morgan fingerprint density at radius 2 is 1.13 bits per heavy atom. The van der Waals surface area contributed by atoms with Gasteiger partial charge in [0.25, 0.3) is 0 Å². The van der Waals surface area contributed by atoms with Gasteiger partial charge in [0.2, 0.25) is 0 Å². The van der Waals surface area contributed by atoms with Gasteiger partial charge in [-0.15, -0.1) is 0 Å². The summed E-state index contributed by atoms with van der Waals surface area (Å²) in [5.41, 5.74) is -1.07. The van der Waals surface area contributed by atoms with E-state index >= 15 is 0 Å². The summed E-state index contributed by atoms with van der Waals surface area (Å²) in [7, 11) is 0. The average Bonchev–Trinajstić information content (AvgIpc) is 4.00. The maximum atomic E-state index is 9.92. The number of furan rings is 1. The molecule has 0 bridgehead atoms. The molecule has 55 heavy (non-hydrogen) atoms. The second kappa shape index (κ2) is 11.7. The summed E-state index contributed by atoms with van der Waals surface area (Å²) >= 11 is 0. The van der Waals surface area contributed by atoms with E-state index in [1.54, 1.807) is 4.90 Å². The average molecular weight is 723 g/mol. The lowest BCUT2D eigenvalue weighted by Crippen LogP contribution is -2.22. The highest BCUT2D eigenvalue weighted by molar-refractivity contribution is 6.06. The molecule has 0 unspecified atom stereocenters. The Labute approximate surface area is 345 Å². The molecule has 0 fully saturated rings. The zero-order valence-electron chi connectivity index (χ0n) is 46.6. The van der Waals surface area contributed by atoms with Gasteiger partial charge in [-0.3, -0.25) is 0 Å². The highest BCUT2D eigenvalue weighted by Gasteiger charge is 2.41. The number of hydrogen-bond donors (Lipinski definition) is 0. The maximum absolute atomic E-state index is 9.92. The van der Waals surface area contributed by atoms with E-state index in [-0.39, 0.29) is 22.0 Å². The normalized spacial score (nSPS) is 19.0. The molecule has 0 N–H and O–H groups in total. The van der Waals surface area contributed by atoms with Gasteiger partial charge >= 0.3 is 0 Å². The summed E-state index contributed by atoms with van der Waals surface area (Å²) in [6.07, 6.45) is 0. The van der Waals surface area contributed by atoms with Crippen LogP contribution in [0.15, 0.2) is 186 Å².